The molecule has 7 heteroatoms. The number of hydrogen-bond acceptors (Lipinski definition) is 7. The standard InChI is InChI=1S/C98H110N2O5/c1-5-9-13-17-21-36-66-101-94-64-54-81(70-97(94)103-68-38-23-19-15-11-7-3)89-73-90(82-55-65-95(102-67-37-22-18-14-10-6-2)98(71-82)104-69-39-24-20-16-12-8-4)92(100(85-60-52-80(53-61-85)77-44-32-27-33-45-77)86-62-63-88-87-46-34-35-47-93(87)105-96(88)72-86)74-91(89)99(83-56-48-78(49-57-83)75-40-28-25-29-41-75)84-58-50-79(51-59-84)76-42-30-26-31-43-76/h25-35,40-65,70-74H,5-24,36-39,66-69H2,1-4H3. The first-order chi connectivity index (χ1) is 52.0. The largest absolute Gasteiger partial charge is 0.490 e. The summed E-state index contributed by atoms with van der Waals surface area (Å²) in [4.78, 5) is 4.90. The minimum atomic E-state index is 0.591. The van der Waals surface area contributed by atoms with Crippen molar-refractivity contribution in [1.29, 1.82) is 0 Å². The SMILES string of the molecule is CCCCCCCCOc1ccc(-c2cc(-c3ccc(OCCCCCCCC)c(OCCCCCCCC)c3)c(N(c3ccc(-c4ccccc4)cc3)c3ccc4c(c3)oc3ccccc34)cc2N(c2ccc(-c3ccccc3)cc2)c2ccc(-c3ccccc3)cc2)cc1OCCCCCCCC. The molecule has 12 rings (SSSR count). The number of hydrogen-bond donors (Lipinski definition) is 0. The van der Waals surface area contributed by atoms with Crippen LogP contribution in [0.25, 0.3) is 77.6 Å². The van der Waals surface area contributed by atoms with Crippen LogP contribution >= 0.6 is 0 Å². The lowest BCUT2D eigenvalue weighted by atomic mass is 9.92. The molecule has 0 atom stereocenters. The van der Waals surface area contributed by atoms with E-state index >= 15 is 0 Å². The summed E-state index contributed by atoms with van der Waals surface area (Å²) in [6.07, 6.45) is 28.1. The van der Waals surface area contributed by atoms with Gasteiger partial charge in [-0.15, -0.1) is 0 Å². The van der Waals surface area contributed by atoms with E-state index in [0.29, 0.717) is 26.4 Å². The number of fused-ring (bicyclic) bond motifs is 3. The Morgan fingerprint density at radius 1 is 0.229 bits per heavy atom. The molecule has 0 amide bonds. The van der Waals surface area contributed by atoms with Gasteiger partial charge in [-0.25, -0.2) is 0 Å². The normalized spacial score (nSPS) is 11.4. The maximum atomic E-state index is 7.07. The van der Waals surface area contributed by atoms with Gasteiger partial charge in [-0.3, -0.25) is 0 Å². The van der Waals surface area contributed by atoms with E-state index in [-0.39, 0.29) is 0 Å². The van der Waals surface area contributed by atoms with E-state index in [9.17, 15) is 0 Å². The molecule has 105 heavy (non-hydrogen) atoms. The predicted octanol–water partition coefficient (Wildman–Crippen LogP) is 29.8. The molecule has 0 aliphatic rings. The van der Waals surface area contributed by atoms with E-state index in [2.05, 4.69) is 292 Å². The third kappa shape index (κ3) is 20.3. The zero-order valence-corrected chi connectivity index (χ0v) is 63.0. The average molecular weight is 1400 g/mol. The van der Waals surface area contributed by atoms with E-state index in [1.165, 1.54) is 103 Å². The topological polar surface area (TPSA) is 56.5 Å². The van der Waals surface area contributed by atoms with Gasteiger partial charge in [0.25, 0.3) is 0 Å². The number of nitrogens with zero attached hydrogens (tertiary/aromatic N) is 2. The highest BCUT2D eigenvalue weighted by atomic mass is 16.5. The van der Waals surface area contributed by atoms with Gasteiger partial charge >= 0.3 is 0 Å². The molecule has 0 N–H and O–H groups in total. The molecule has 0 fully saturated rings. The summed E-state index contributed by atoms with van der Waals surface area (Å²) < 4.78 is 34.7. The Balaban J connectivity index is 1.12. The average Bonchev–Trinajstić information content (AvgIpc) is 1.43. The summed E-state index contributed by atoms with van der Waals surface area (Å²) in [6.45, 7) is 11.5. The summed E-state index contributed by atoms with van der Waals surface area (Å²) in [5.74, 6) is 3.05. The summed E-state index contributed by atoms with van der Waals surface area (Å²) >= 11 is 0. The van der Waals surface area contributed by atoms with Crippen molar-refractivity contribution in [1.82, 2.24) is 0 Å². The number of ether oxygens (including phenoxy) is 4. The van der Waals surface area contributed by atoms with Gasteiger partial charge < -0.3 is 33.2 Å². The molecule has 11 aromatic carbocycles. The Labute approximate surface area is 627 Å². The third-order valence-electron chi connectivity index (χ3n) is 20.4. The summed E-state index contributed by atoms with van der Waals surface area (Å²) in [6, 6.07) is 92.7. The van der Waals surface area contributed by atoms with Gasteiger partial charge in [-0.2, -0.15) is 0 Å². The molecule has 0 aliphatic carbocycles. The summed E-state index contributed by atoms with van der Waals surface area (Å²) in [7, 11) is 0. The second kappa shape index (κ2) is 39.8. The second-order valence-corrected chi connectivity index (χ2v) is 28.4. The van der Waals surface area contributed by atoms with E-state index < -0.39 is 0 Å². The predicted molar refractivity (Wildman–Crippen MR) is 446 cm³/mol. The van der Waals surface area contributed by atoms with Crippen LogP contribution in [-0.4, -0.2) is 26.4 Å². The minimum absolute atomic E-state index is 0.591. The Bertz CT molecular complexity index is 4460. The van der Waals surface area contributed by atoms with Gasteiger partial charge in [-0.05, 0) is 161 Å². The lowest BCUT2D eigenvalue weighted by Gasteiger charge is -2.33. The maximum absolute atomic E-state index is 7.07. The molecule has 0 unspecified atom stereocenters. The Morgan fingerprint density at radius 2 is 0.533 bits per heavy atom. The molecule has 0 saturated heterocycles. The van der Waals surface area contributed by atoms with Crippen LogP contribution in [0.3, 0.4) is 0 Å². The molecule has 1 aromatic heterocycles. The van der Waals surface area contributed by atoms with Gasteiger partial charge in [0.15, 0.2) is 23.0 Å². The fraction of sp³-hybridized carbons (Fsp3) is 0.327. The fourth-order valence-corrected chi connectivity index (χ4v) is 14.5. The Kier molecular flexibility index (Phi) is 28.3. The smallest absolute Gasteiger partial charge is 0.161 e. The highest BCUT2D eigenvalue weighted by molar-refractivity contribution is 6.07. The molecule has 0 bridgehead atoms. The Morgan fingerprint density at radius 3 is 0.924 bits per heavy atom. The lowest BCUT2D eigenvalue weighted by Crippen LogP contribution is -2.15. The molecule has 7 nitrogen and oxygen atoms in total. The summed E-state index contributed by atoms with van der Waals surface area (Å²) in [5.41, 5.74) is 18.3. The van der Waals surface area contributed by atoms with Crippen LogP contribution < -0.4 is 28.7 Å². The fourth-order valence-electron chi connectivity index (χ4n) is 14.5. The number of furan rings is 1. The third-order valence-corrected chi connectivity index (χ3v) is 20.4. The maximum Gasteiger partial charge on any atom is 0.161 e. The van der Waals surface area contributed by atoms with Crippen molar-refractivity contribution >= 4 is 56.1 Å². The molecule has 0 saturated carbocycles. The van der Waals surface area contributed by atoms with Gasteiger partial charge in [0.05, 0.1) is 37.8 Å². The van der Waals surface area contributed by atoms with E-state index in [1.807, 2.05) is 0 Å². The van der Waals surface area contributed by atoms with Crippen LogP contribution in [-0.2, 0) is 0 Å². The quantitative estimate of drug-likeness (QED) is 0.0353. The summed E-state index contributed by atoms with van der Waals surface area (Å²) in [5, 5.41) is 2.14. The van der Waals surface area contributed by atoms with Crippen molar-refractivity contribution in [3.63, 3.8) is 0 Å². The van der Waals surface area contributed by atoms with Gasteiger partial charge in [0.2, 0.25) is 0 Å². The molecule has 542 valence electrons. The van der Waals surface area contributed by atoms with E-state index in [4.69, 9.17) is 23.4 Å². The van der Waals surface area contributed by atoms with Crippen molar-refractivity contribution in [3.05, 3.63) is 255 Å². The van der Waals surface area contributed by atoms with Crippen LogP contribution in [0.1, 0.15) is 182 Å². The minimum Gasteiger partial charge on any atom is -0.490 e. The van der Waals surface area contributed by atoms with Gasteiger partial charge in [0.1, 0.15) is 11.2 Å². The van der Waals surface area contributed by atoms with E-state index in [1.54, 1.807) is 0 Å². The first-order valence-corrected chi connectivity index (χ1v) is 39.9. The molecular formula is C98H110N2O5. The monoisotopic (exact) mass is 1390 g/mol. The number of benzene rings is 11. The molecule has 1 heterocycles. The number of anilines is 6. The lowest BCUT2D eigenvalue weighted by molar-refractivity contribution is 0.258. The number of para-hydroxylation sites is 1. The van der Waals surface area contributed by atoms with Crippen LogP contribution in [0.5, 0.6) is 23.0 Å². The van der Waals surface area contributed by atoms with Crippen molar-refractivity contribution < 1.29 is 23.4 Å². The molecule has 0 aliphatic heterocycles. The zero-order valence-electron chi connectivity index (χ0n) is 63.0. The van der Waals surface area contributed by atoms with Crippen LogP contribution in [0.2, 0.25) is 0 Å². The van der Waals surface area contributed by atoms with Crippen molar-refractivity contribution in [2.45, 2.75) is 182 Å². The first kappa shape index (κ1) is 74.7. The van der Waals surface area contributed by atoms with Crippen molar-refractivity contribution in [2.24, 2.45) is 0 Å². The molecule has 0 spiro atoms. The van der Waals surface area contributed by atoms with Crippen molar-refractivity contribution in [3.8, 4) is 78.6 Å². The van der Waals surface area contributed by atoms with Crippen LogP contribution in [0.4, 0.5) is 34.1 Å². The molecule has 12 aromatic rings. The highest BCUT2D eigenvalue weighted by Gasteiger charge is 2.28. The number of unbranched alkanes of at least 4 members (excludes halogenated alkanes) is 20. The second-order valence-electron chi connectivity index (χ2n) is 28.4. The highest BCUT2D eigenvalue weighted by Crippen LogP contribution is 2.52. The van der Waals surface area contributed by atoms with Gasteiger partial charge in [0, 0.05) is 50.7 Å². The zero-order chi connectivity index (χ0) is 72.0. The molecular weight excluding hydrogens is 1290 g/mol. The number of rotatable bonds is 43. The first-order valence-electron chi connectivity index (χ1n) is 39.9. The van der Waals surface area contributed by atoms with Crippen molar-refractivity contribution in [2.75, 3.05) is 36.2 Å². The molecule has 0 radical (unpaired) electrons. The Hall–Kier alpha value is -9.98. The van der Waals surface area contributed by atoms with Crippen LogP contribution in [0, 0.1) is 0 Å². The van der Waals surface area contributed by atoms with E-state index in [0.717, 1.165) is 186 Å². The van der Waals surface area contributed by atoms with Gasteiger partial charge in [-0.1, -0.05) is 314 Å². The van der Waals surface area contributed by atoms with Crippen LogP contribution in [0.15, 0.2) is 259 Å².